The van der Waals surface area contributed by atoms with Gasteiger partial charge in [-0.1, -0.05) is 90.4 Å². The highest BCUT2D eigenvalue weighted by Gasteiger charge is 2.64. The van der Waals surface area contributed by atoms with E-state index in [-0.39, 0.29) is 77.6 Å². The van der Waals surface area contributed by atoms with E-state index in [1.54, 1.807) is 35.7 Å². The number of aliphatic hydroxyl groups excluding tert-OH is 1. The molecule has 9 rings (SSSR count). The summed E-state index contributed by atoms with van der Waals surface area (Å²) in [5.74, 6) is 0.337. The van der Waals surface area contributed by atoms with Crippen LogP contribution in [0.1, 0.15) is 102 Å². The highest BCUT2D eigenvalue weighted by molar-refractivity contribution is 7.13. The number of halogens is 1. The summed E-state index contributed by atoms with van der Waals surface area (Å²) in [6, 6.07) is 15.1. The first-order valence-electron chi connectivity index (χ1n) is 25.9. The Kier molecular flexibility index (Phi) is 14.7. The van der Waals surface area contributed by atoms with Crippen molar-refractivity contribution in [3.63, 3.8) is 0 Å². The number of likely N-dealkylation sites (tertiary alicyclic amines) is 1. The molecule has 4 amide bonds. The molecule has 2 aliphatic carbocycles. The van der Waals surface area contributed by atoms with Gasteiger partial charge in [0.15, 0.2) is 0 Å². The molecule has 4 N–H and O–H groups in total. The minimum Gasteiger partial charge on any atom is -0.489 e. The number of hydrogen-bond acceptors (Lipinski definition) is 12. The van der Waals surface area contributed by atoms with Crippen LogP contribution in [-0.4, -0.2) is 142 Å². The summed E-state index contributed by atoms with van der Waals surface area (Å²) in [6.45, 7) is 30.4. The molecule has 5 heterocycles. The van der Waals surface area contributed by atoms with Crippen molar-refractivity contribution in [2.45, 2.75) is 124 Å². The Morgan fingerprint density at radius 3 is 2.24 bits per heavy atom. The van der Waals surface area contributed by atoms with E-state index in [0.29, 0.717) is 28.1 Å². The van der Waals surface area contributed by atoms with Gasteiger partial charge in [0.1, 0.15) is 29.8 Å². The highest BCUT2D eigenvalue weighted by Crippen LogP contribution is 2.56. The van der Waals surface area contributed by atoms with Crippen LogP contribution in [0.15, 0.2) is 66.3 Å². The van der Waals surface area contributed by atoms with Crippen molar-refractivity contribution >= 4 is 58.1 Å². The van der Waals surface area contributed by atoms with E-state index in [1.807, 2.05) is 76.5 Å². The molecule has 0 radical (unpaired) electrons. The van der Waals surface area contributed by atoms with Crippen LogP contribution in [0.4, 0.5) is 11.5 Å². The van der Waals surface area contributed by atoms with Gasteiger partial charge in [-0.15, -0.1) is 11.3 Å². The summed E-state index contributed by atoms with van der Waals surface area (Å²) in [5, 5.41) is 20.5. The largest absolute Gasteiger partial charge is 0.489 e. The Hall–Kier alpha value is -5.64. The van der Waals surface area contributed by atoms with Gasteiger partial charge in [0, 0.05) is 86.8 Å². The quantitative estimate of drug-likeness (QED) is 0.0934. The third-order valence-electron chi connectivity index (χ3n) is 16.5. The number of nitrogens with one attached hydrogen (secondary N) is 3. The second-order valence-corrected chi connectivity index (χ2v) is 25.1. The molecular formula is C56H71ClN10O6S. The van der Waals surface area contributed by atoms with Crippen molar-refractivity contribution in [1.29, 1.82) is 0 Å². The highest BCUT2D eigenvalue weighted by atomic mass is 35.5. The normalized spacial score (nSPS) is 24.1. The number of amides is 4. The number of hydrogen-bond donors (Lipinski definition) is 4. The first-order chi connectivity index (χ1) is 35.0. The predicted octanol–water partition coefficient (Wildman–Crippen LogP) is 7.29. The summed E-state index contributed by atoms with van der Waals surface area (Å²) in [7, 11) is 0. The van der Waals surface area contributed by atoms with Crippen molar-refractivity contribution in [3.05, 3.63) is 99.6 Å². The van der Waals surface area contributed by atoms with E-state index < -0.39 is 23.6 Å². The fraction of sp³-hybridized carbons (Fsp3) is 0.554. The smallest absolute Gasteiger partial charge is 0.253 e. The van der Waals surface area contributed by atoms with Gasteiger partial charge in [-0.25, -0.2) is 14.8 Å². The van der Waals surface area contributed by atoms with Crippen molar-refractivity contribution in [1.82, 2.24) is 40.6 Å². The molecule has 2 aromatic carbocycles. The van der Waals surface area contributed by atoms with E-state index in [2.05, 4.69) is 68.2 Å². The molecule has 5 fully saturated rings. The summed E-state index contributed by atoms with van der Waals surface area (Å²) in [5.41, 5.74) is 4.52. The number of carbonyl (C=O) groups excluding carboxylic acids is 4. The standard InChI is InChI=1S/C56H71ClN10O6S/c1-33(35-11-13-36(14-12-35)46-34(2)60-32-74-46)61-49(71)43-23-39(68)28-67(43)50(72)47(53(3,4)5)62-45(69)29-64-19-21-65(22-20-64)38-25-56(26-38)30-66(31-56)44-18-15-37(27-59-44)48(70)63-51-54(6,7)52(55(51,8)9)73-40-16-17-42(58-10)41(57)24-40/h11-18,24,27,32-33,38-39,43,47,51-52,68H,19-23,25-26,28-31H2,1-9H3,(H,61,71)(H,62,69)(H,63,70)/t33-,39+,43-,47+,51?,52?/m0/s1. The van der Waals surface area contributed by atoms with E-state index in [0.717, 1.165) is 79.6 Å². The Morgan fingerprint density at radius 2 is 1.65 bits per heavy atom. The van der Waals surface area contributed by atoms with Crippen molar-refractivity contribution in [2.24, 2.45) is 21.7 Å². The number of aromatic nitrogens is 2. The number of ether oxygens (including phenoxy) is 1. The van der Waals surface area contributed by atoms with Gasteiger partial charge in [-0.05, 0) is 67.5 Å². The number of piperazine rings is 1. The van der Waals surface area contributed by atoms with Crippen LogP contribution < -0.4 is 25.6 Å². The average molecular weight is 1050 g/mol. The summed E-state index contributed by atoms with van der Waals surface area (Å²) >= 11 is 7.86. The number of carbonyl (C=O) groups is 4. The number of benzene rings is 2. The zero-order valence-electron chi connectivity index (χ0n) is 44.1. The Balaban J connectivity index is 0.701. The summed E-state index contributed by atoms with van der Waals surface area (Å²) in [6.07, 6.45) is 2.96. The van der Waals surface area contributed by atoms with Crippen LogP contribution in [-0.2, 0) is 14.4 Å². The Labute approximate surface area is 444 Å². The maximum absolute atomic E-state index is 14.3. The second-order valence-electron chi connectivity index (χ2n) is 23.8. The lowest BCUT2D eigenvalue weighted by atomic mass is 9.49. The van der Waals surface area contributed by atoms with Gasteiger partial charge in [0.25, 0.3) is 5.91 Å². The first-order valence-corrected chi connectivity index (χ1v) is 27.1. The number of anilines is 1. The molecule has 4 atom stereocenters. The second kappa shape index (κ2) is 20.5. The Morgan fingerprint density at radius 1 is 0.959 bits per heavy atom. The molecule has 3 aliphatic heterocycles. The number of nitrogens with zero attached hydrogens (tertiary/aromatic N) is 7. The third kappa shape index (κ3) is 10.6. The lowest BCUT2D eigenvalue weighted by Crippen LogP contribution is -2.74. The van der Waals surface area contributed by atoms with Crippen LogP contribution in [0.3, 0.4) is 0 Å². The van der Waals surface area contributed by atoms with Gasteiger partial charge < -0.3 is 35.6 Å². The number of rotatable bonds is 14. The van der Waals surface area contributed by atoms with Gasteiger partial charge in [-0.2, -0.15) is 0 Å². The first kappa shape index (κ1) is 53.2. The number of aliphatic hydroxyl groups is 1. The molecule has 74 heavy (non-hydrogen) atoms. The lowest BCUT2D eigenvalue weighted by molar-refractivity contribution is -0.164. The van der Waals surface area contributed by atoms with E-state index in [4.69, 9.17) is 27.9 Å². The molecule has 5 aliphatic rings. The fourth-order valence-electron chi connectivity index (χ4n) is 12.6. The van der Waals surface area contributed by atoms with Gasteiger partial charge in [0.05, 0.1) is 51.9 Å². The molecule has 2 saturated carbocycles. The van der Waals surface area contributed by atoms with E-state index >= 15 is 0 Å². The Bertz CT molecular complexity index is 2770. The van der Waals surface area contributed by atoms with Crippen LogP contribution in [0, 0.1) is 35.2 Å². The minimum atomic E-state index is -0.894. The zero-order valence-corrected chi connectivity index (χ0v) is 45.6. The summed E-state index contributed by atoms with van der Waals surface area (Å²) < 4.78 is 6.40. The van der Waals surface area contributed by atoms with Crippen molar-refractivity contribution in [3.8, 4) is 16.2 Å². The number of aryl methyl sites for hydroxylation is 1. The molecule has 3 saturated heterocycles. The summed E-state index contributed by atoms with van der Waals surface area (Å²) in [4.78, 5) is 77.3. The van der Waals surface area contributed by atoms with E-state index in [1.165, 1.54) is 4.90 Å². The fourth-order valence-corrected chi connectivity index (χ4v) is 13.6. The molecule has 18 heteroatoms. The number of thiazole rings is 1. The molecular weight excluding hydrogens is 976 g/mol. The van der Waals surface area contributed by atoms with Crippen LogP contribution in [0.5, 0.6) is 5.75 Å². The molecule has 0 bridgehead atoms. The maximum atomic E-state index is 14.3. The molecule has 2 aromatic heterocycles. The van der Waals surface area contributed by atoms with Crippen LogP contribution in [0.25, 0.3) is 15.3 Å². The molecule has 0 unspecified atom stereocenters. The topological polar surface area (TPSA) is 177 Å². The van der Waals surface area contributed by atoms with Gasteiger partial charge >= 0.3 is 0 Å². The molecule has 1 spiro atoms. The van der Waals surface area contributed by atoms with E-state index in [9.17, 15) is 24.3 Å². The average Bonchev–Trinajstić information content (AvgIpc) is 3.95. The number of pyridine rings is 1. The molecule has 394 valence electrons. The third-order valence-corrected chi connectivity index (χ3v) is 17.8. The number of β-amino-alcohol motifs (C(OH)–C–C–N with tert-alkyl or cyclic N) is 1. The predicted molar refractivity (Wildman–Crippen MR) is 287 cm³/mol. The minimum absolute atomic E-state index is 0.0158. The van der Waals surface area contributed by atoms with Gasteiger partial charge in [0.2, 0.25) is 23.4 Å². The molecule has 4 aromatic rings. The zero-order chi connectivity index (χ0) is 53.1. The molecule has 16 nitrogen and oxygen atoms in total. The van der Waals surface area contributed by atoms with Crippen LogP contribution in [0.2, 0.25) is 5.02 Å². The van der Waals surface area contributed by atoms with Crippen LogP contribution >= 0.6 is 22.9 Å². The monoisotopic (exact) mass is 1050 g/mol. The van der Waals surface area contributed by atoms with Gasteiger partial charge in [-0.3, -0.25) is 29.0 Å². The van der Waals surface area contributed by atoms with Crippen molar-refractivity contribution in [2.75, 3.05) is 57.3 Å². The van der Waals surface area contributed by atoms with Crippen molar-refractivity contribution < 1.29 is 29.0 Å². The maximum Gasteiger partial charge on any atom is 0.253 e. The SMILES string of the molecule is [C-]#[N+]c1ccc(OC2C(C)(C)C(NC(=O)c3ccc(N4CC5(CC(N6CCN(CC(=O)N[C@H](C(=O)N7C[C@H](O)C[C@H]7C(=O)N[C@@H](C)c7ccc(-c8scnc8C)cc7)C(C)(C)C)CC6)C5)C4)nc3)C2(C)C)cc1Cl. The lowest BCUT2D eigenvalue weighted by Gasteiger charge is -2.63.